The normalized spacial score (nSPS) is 67.6. The zero-order chi connectivity index (χ0) is 12.6. The monoisotopic (exact) mass is 255 g/mol. The number of halogens is 2. The van der Waals surface area contributed by atoms with Gasteiger partial charge in [0.05, 0.1) is 13.0 Å². The van der Waals surface area contributed by atoms with Crippen LogP contribution in [0.1, 0.15) is 0 Å². The molecule has 2 N–H and O–H groups in total. The van der Waals surface area contributed by atoms with Gasteiger partial charge < -0.3 is 10.5 Å². The lowest BCUT2D eigenvalue weighted by Crippen LogP contribution is -2.55. The number of fused-ring (bicyclic) bond motifs is 1. The van der Waals surface area contributed by atoms with Crippen molar-refractivity contribution in [1.29, 1.82) is 0 Å². The van der Waals surface area contributed by atoms with E-state index in [0.29, 0.717) is 0 Å². The Morgan fingerprint density at radius 3 is 2.06 bits per heavy atom. The summed E-state index contributed by atoms with van der Waals surface area (Å²) in [5.74, 6) is -3.51. The van der Waals surface area contributed by atoms with Crippen molar-refractivity contribution < 1.29 is 18.3 Å². The molecular weight excluding hydrogens is 240 g/mol. The minimum absolute atomic E-state index is 0.0499. The second-order valence-electron chi connectivity index (χ2n) is 6.82. The fourth-order valence-corrected chi connectivity index (χ4v) is 6.40. The molecule has 0 spiro atoms. The van der Waals surface area contributed by atoms with E-state index >= 15 is 0 Å². The van der Waals surface area contributed by atoms with Gasteiger partial charge >= 0.3 is 5.97 Å². The smallest absolute Gasteiger partial charge is 0.310 e. The van der Waals surface area contributed by atoms with Crippen LogP contribution in [0.2, 0.25) is 0 Å². The predicted molar refractivity (Wildman–Crippen MR) is 56.3 cm³/mol. The van der Waals surface area contributed by atoms with Gasteiger partial charge in [-0.1, -0.05) is 0 Å². The van der Waals surface area contributed by atoms with Crippen LogP contribution in [0, 0.1) is 53.3 Å². The van der Waals surface area contributed by atoms with Crippen molar-refractivity contribution >= 4 is 5.97 Å². The number of rotatable bonds is 1. The third-order valence-corrected chi connectivity index (χ3v) is 6.68. The van der Waals surface area contributed by atoms with Crippen molar-refractivity contribution in [3.8, 4) is 0 Å². The molecule has 5 heteroatoms. The Kier molecular flexibility index (Phi) is 1.39. The maximum atomic E-state index is 14.1. The molecule has 0 aliphatic heterocycles. The number of esters is 1. The minimum atomic E-state index is -2.48. The van der Waals surface area contributed by atoms with Crippen molar-refractivity contribution in [1.82, 2.24) is 0 Å². The van der Waals surface area contributed by atoms with Crippen molar-refractivity contribution in [2.45, 2.75) is 12.0 Å². The molecule has 0 radical (unpaired) electrons. The number of methoxy groups -OCH3 is 1. The number of hydrogen-bond acceptors (Lipinski definition) is 3. The van der Waals surface area contributed by atoms with Crippen LogP contribution in [0.5, 0.6) is 0 Å². The Hall–Kier alpha value is -0.710. The van der Waals surface area contributed by atoms with Crippen molar-refractivity contribution in [2.24, 2.45) is 59.0 Å². The van der Waals surface area contributed by atoms with Crippen molar-refractivity contribution in [2.75, 3.05) is 7.11 Å². The lowest BCUT2D eigenvalue weighted by molar-refractivity contribution is -0.154. The van der Waals surface area contributed by atoms with Crippen LogP contribution in [0.15, 0.2) is 0 Å². The molecule has 8 atom stereocenters. The molecule has 6 unspecified atom stereocenters. The van der Waals surface area contributed by atoms with E-state index in [1.807, 2.05) is 0 Å². The van der Waals surface area contributed by atoms with Crippen LogP contribution in [0.3, 0.4) is 0 Å². The van der Waals surface area contributed by atoms with Crippen molar-refractivity contribution in [3.63, 3.8) is 0 Å². The van der Waals surface area contributed by atoms with Gasteiger partial charge in [-0.3, -0.25) is 4.79 Å². The highest BCUT2D eigenvalue weighted by Crippen LogP contribution is 2.89. The molecular formula is C13H15F2NO2. The summed E-state index contributed by atoms with van der Waals surface area (Å²) in [4.78, 5) is 11.9. The van der Waals surface area contributed by atoms with Crippen LogP contribution >= 0.6 is 0 Å². The molecule has 0 heterocycles. The zero-order valence-electron chi connectivity index (χ0n) is 9.92. The van der Waals surface area contributed by atoms with E-state index in [1.54, 1.807) is 0 Å². The maximum Gasteiger partial charge on any atom is 0.310 e. The number of hydrogen-bond donors (Lipinski definition) is 1. The number of carbonyl (C=O) groups excluding carboxylic acids is 1. The van der Waals surface area contributed by atoms with E-state index in [-0.39, 0.29) is 53.4 Å². The highest BCUT2D eigenvalue weighted by atomic mass is 19.3. The summed E-state index contributed by atoms with van der Waals surface area (Å²) in [5.41, 5.74) is 6.20. The molecule has 18 heavy (non-hydrogen) atoms. The molecule has 7 aliphatic carbocycles. The number of ether oxygens (including phenoxy) is 1. The summed E-state index contributed by atoms with van der Waals surface area (Å²) in [6.45, 7) is 0. The summed E-state index contributed by atoms with van der Waals surface area (Å²) in [5, 5.41) is 0. The Bertz CT molecular complexity index is 456. The molecule has 0 aromatic carbocycles. The lowest BCUT2D eigenvalue weighted by atomic mass is 9.62. The van der Waals surface area contributed by atoms with E-state index in [4.69, 9.17) is 10.5 Å². The van der Waals surface area contributed by atoms with Gasteiger partial charge in [0.15, 0.2) is 0 Å². The highest BCUT2D eigenvalue weighted by molar-refractivity contribution is 5.75. The molecule has 98 valence electrons. The Balaban J connectivity index is 1.62. The molecule has 8 bridgehead atoms. The fraction of sp³-hybridized carbons (Fsp3) is 0.923. The van der Waals surface area contributed by atoms with Gasteiger partial charge in [-0.2, -0.15) is 0 Å². The molecule has 7 aliphatic rings. The summed E-state index contributed by atoms with van der Waals surface area (Å²) in [6.07, 6.45) is 0. The summed E-state index contributed by atoms with van der Waals surface area (Å²) in [7, 11) is 1.36. The van der Waals surface area contributed by atoms with Gasteiger partial charge in [-0.05, 0) is 35.5 Å². The summed E-state index contributed by atoms with van der Waals surface area (Å²) < 4.78 is 33.1. The molecule has 7 saturated carbocycles. The van der Waals surface area contributed by atoms with E-state index in [2.05, 4.69) is 0 Å². The van der Waals surface area contributed by atoms with Crippen LogP contribution in [0.4, 0.5) is 8.78 Å². The molecule has 0 saturated heterocycles. The van der Waals surface area contributed by atoms with Gasteiger partial charge in [-0.15, -0.1) is 0 Å². The lowest BCUT2D eigenvalue weighted by Gasteiger charge is -2.44. The van der Waals surface area contributed by atoms with Crippen LogP contribution in [-0.4, -0.2) is 25.0 Å². The first-order valence-corrected chi connectivity index (χ1v) is 6.73. The van der Waals surface area contributed by atoms with Gasteiger partial charge in [0.25, 0.3) is 5.92 Å². The summed E-state index contributed by atoms with van der Waals surface area (Å²) in [6, 6.07) is -0.254. The van der Waals surface area contributed by atoms with Gasteiger partial charge in [-0.25, -0.2) is 8.78 Å². The van der Waals surface area contributed by atoms with Gasteiger partial charge in [0.1, 0.15) is 0 Å². The van der Waals surface area contributed by atoms with Crippen molar-refractivity contribution in [3.05, 3.63) is 0 Å². The quantitative estimate of drug-likeness (QED) is 0.703. The first kappa shape index (κ1) is 10.1. The van der Waals surface area contributed by atoms with Crippen LogP contribution in [-0.2, 0) is 9.53 Å². The Morgan fingerprint density at radius 2 is 1.56 bits per heavy atom. The molecule has 3 nitrogen and oxygen atoms in total. The van der Waals surface area contributed by atoms with Gasteiger partial charge in [0, 0.05) is 17.9 Å². The first-order chi connectivity index (χ1) is 8.51. The Morgan fingerprint density at radius 1 is 1.06 bits per heavy atom. The SMILES string of the molecule is COC(=O)[C@@H]1C2C3C4C(C5C2C5C(F)(F)C34)[C@@H]1N. The Labute approximate surface area is 103 Å². The largest absolute Gasteiger partial charge is 0.469 e. The van der Waals surface area contributed by atoms with E-state index < -0.39 is 17.8 Å². The van der Waals surface area contributed by atoms with E-state index in [9.17, 15) is 13.6 Å². The fourth-order valence-electron chi connectivity index (χ4n) is 6.40. The first-order valence-electron chi connectivity index (χ1n) is 6.73. The molecule has 7 fully saturated rings. The third kappa shape index (κ3) is 0.732. The minimum Gasteiger partial charge on any atom is -0.469 e. The average Bonchev–Trinajstić information content (AvgIpc) is 3.17. The number of nitrogens with two attached hydrogens (primary N) is 1. The maximum absolute atomic E-state index is 14.1. The standard InChI is InChI=1S/C13H15F2NO2/c1-18-12(17)8-2-3-5-7(11(8)16)6-4(2)10(6)13(14,15)9(3)5/h2-11H,16H2,1H3/t2?,3?,4?,5?,6?,7?,8-,9?,10?,11+/m1/s1. The second kappa shape index (κ2) is 2.47. The second-order valence-corrected chi connectivity index (χ2v) is 6.82. The third-order valence-electron chi connectivity index (χ3n) is 6.68. The van der Waals surface area contributed by atoms with Gasteiger partial charge in [0.2, 0.25) is 0 Å². The molecule has 0 aromatic rings. The number of carbonyl (C=O) groups is 1. The highest BCUT2D eigenvalue weighted by Gasteiger charge is 2.93. The van der Waals surface area contributed by atoms with Crippen LogP contribution < -0.4 is 5.73 Å². The average molecular weight is 255 g/mol. The predicted octanol–water partition coefficient (Wildman–Crippen LogP) is 0.736. The molecule has 0 aromatic heterocycles. The number of alkyl halides is 2. The van der Waals surface area contributed by atoms with E-state index in [0.717, 1.165) is 0 Å². The topological polar surface area (TPSA) is 52.3 Å². The zero-order valence-corrected chi connectivity index (χ0v) is 9.92. The summed E-state index contributed by atoms with van der Waals surface area (Å²) >= 11 is 0. The van der Waals surface area contributed by atoms with E-state index in [1.165, 1.54) is 7.11 Å². The van der Waals surface area contributed by atoms with Crippen LogP contribution in [0.25, 0.3) is 0 Å². The molecule has 0 amide bonds. The molecule has 7 rings (SSSR count).